The Morgan fingerprint density at radius 2 is 1.94 bits per heavy atom. The van der Waals surface area contributed by atoms with Crippen molar-refractivity contribution in [3.05, 3.63) is 35.9 Å². The minimum absolute atomic E-state index is 0. The second kappa shape index (κ2) is 8.49. The third-order valence-corrected chi connectivity index (χ3v) is 2.27. The summed E-state index contributed by atoms with van der Waals surface area (Å²) in [5.41, 5.74) is 6.69. The maximum absolute atomic E-state index is 11.5. The van der Waals surface area contributed by atoms with Gasteiger partial charge in [0.25, 0.3) is 0 Å². The molecule has 0 radical (unpaired) electrons. The van der Waals surface area contributed by atoms with E-state index in [1.54, 1.807) is 0 Å². The van der Waals surface area contributed by atoms with Gasteiger partial charge in [0.15, 0.2) is 0 Å². The topological polar surface area (TPSA) is 81.4 Å². The predicted molar refractivity (Wildman–Crippen MR) is 70.4 cm³/mol. The standard InChI is InChI=1S/C12H16N2O3.ClH/c1-17-11(15)8-14-12(16)10(13)7-9-5-3-2-4-6-9;/h2-6,10H,7-8,13H2,1H3,(H,14,16);1H/t10-;/m0./s1. The number of esters is 1. The van der Waals surface area contributed by atoms with Crippen molar-refractivity contribution in [2.75, 3.05) is 13.7 Å². The monoisotopic (exact) mass is 272 g/mol. The molecule has 0 saturated carbocycles. The van der Waals surface area contributed by atoms with Gasteiger partial charge in [-0.25, -0.2) is 0 Å². The van der Waals surface area contributed by atoms with Crippen LogP contribution in [-0.2, 0) is 20.7 Å². The number of nitrogens with two attached hydrogens (primary N) is 1. The van der Waals surface area contributed by atoms with Crippen LogP contribution >= 0.6 is 12.4 Å². The van der Waals surface area contributed by atoms with Crippen LogP contribution in [0.5, 0.6) is 0 Å². The Bertz CT molecular complexity index is 384. The van der Waals surface area contributed by atoms with Gasteiger partial charge in [0.05, 0.1) is 13.2 Å². The van der Waals surface area contributed by atoms with Gasteiger partial charge in [-0.05, 0) is 12.0 Å². The number of hydrogen-bond acceptors (Lipinski definition) is 4. The first-order valence-corrected chi connectivity index (χ1v) is 5.27. The van der Waals surface area contributed by atoms with Gasteiger partial charge in [0.1, 0.15) is 6.54 Å². The number of nitrogens with one attached hydrogen (secondary N) is 1. The molecule has 0 saturated heterocycles. The quantitative estimate of drug-likeness (QED) is 0.754. The Morgan fingerprint density at radius 1 is 1.33 bits per heavy atom. The Hall–Kier alpha value is -1.59. The lowest BCUT2D eigenvalue weighted by atomic mass is 10.1. The summed E-state index contributed by atoms with van der Waals surface area (Å²) in [4.78, 5) is 22.3. The lowest BCUT2D eigenvalue weighted by molar-refractivity contribution is -0.141. The summed E-state index contributed by atoms with van der Waals surface area (Å²) < 4.78 is 4.40. The molecule has 0 aromatic heterocycles. The summed E-state index contributed by atoms with van der Waals surface area (Å²) in [6.07, 6.45) is 0.438. The first kappa shape index (κ1) is 16.4. The molecule has 3 N–H and O–H groups in total. The number of carbonyl (C=O) groups excluding carboxylic acids is 2. The van der Waals surface area contributed by atoms with Crippen LogP contribution in [0.4, 0.5) is 0 Å². The Labute approximate surface area is 112 Å². The summed E-state index contributed by atoms with van der Waals surface area (Å²) in [6.45, 7) is -0.155. The van der Waals surface area contributed by atoms with Gasteiger partial charge in [0, 0.05) is 0 Å². The molecular formula is C12H17ClN2O3. The zero-order valence-electron chi connectivity index (χ0n) is 10.1. The Kier molecular flexibility index (Phi) is 7.74. The molecule has 0 aliphatic heterocycles. The van der Waals surface area contributed by atoms with Gasteiger partial charge in [-0.3, -0.25) is 9.59 Å². The maximum Gasteiger partial charge on any atom is 0.325 e. The average molecular weight is 273 g/mol. The minimum atomic E-state index is -0.665. The molecule has 6 heteroatoms. The molecule has 1 atom stereocenters. The zero-order valence-corrected chi connectivity index (χ0v) is 10.9. The van der Waals surface area contributed by atoms with Crippen molar-refractivity contribution < 1.29 is 14.3 Å². The molecular weight excluding hydrogens is 256 g/mol. The van der Waals surface area contributed by atoms with Gasteiger partial charge < -0.3 is 15.8 Å². The molecule has 0 bridgehead atoms. The summed E-state index contributed by atoms with van der Waals surface area (Å²) in [5.74, 6) is -0.857. The molecule has 1 aromatic carbocycles. The number of ether oxygens (including phenoxy) is 1. The van der Waals surface area contributed by atoms with E-state index in [1.165, 1.54) is 7.11 Å². The normalized spacial score (nSPS) is 11.0. The fourth-order valence-corrected chi connectivity index (χ4v) is 1.32. The molecule has 1 aromatic rings. The summed E-state index contributed by atoms with van der Waals surface area (Å²) in [7, 11) is 1.26. The van der Waals surface area contributed by atoms with E-state index >= 15 is 0 Å². The smallest absolute Gasteiger partial charge is 0.325 e. The van der Waals surface area contributed by atoms with Crippen LogP contribution in [0.2, 0.25) is 0 Å². The molecule has 1 rings (SSSR count). The highest BCUT2D eigenvalue weighted by Gasteiger charge is 2.14. The maximum atomic E-state index is 11.5. The van der Waals surface area contributed by atoms with E-state index in [-0.39, 0.29) is 24.9 Å². The molecule has 0 aliphatic carbocycles. The molecule has 0 heterocycles. The Balaban J connectivity index is 0.00000289. The van der Waals surface area contributed by atoms with Crippen molar-refractivity contribution in [2.45, 2.75) is 12.5 Å². The molecule has 1 amide bonds. The third kappa shape index (κ3) is 5.65. The van der Waals surface area contributed by atoms with Crippen LogP contribution < -0.4 is 11.1 Å². The molecule has 0 unspecified atom stereocenters. The highest BCUT2D eigenvalue weighted by atomic mass is 35.5. The molecule has 5 nitrogen and oxygen atoms in total. The van der Waals surface area contributed by atoms with Crippen LogP contribution in [0.1, 0.15) is 5.56 Å². The van der Waals surface area contributed by atoms with Gasteiger partial charge in [-0.1, -0.05) is 30.3 Å². The van der Waals surface area contributed by atoms with Gasteiger partial charge in [-0.2, -0.15) is 0 Å². The lowest BCUT2D eigenvalue weighted by Crippen LogP contribution is -2.44. The highest BCUT2D eigenvalue weighted by Crippen LogP contribution is 2.01. The first-order valence-electron chi connectivity index (χ1n) is 5.27. The van der Waals surface area contributed by atoms with Crippen LogP contribution in [0, 0.1) is 0 Å². The Morgan fingerprint density at radius 3 is 2.50 bits per heavy atom. The third-order valence-electron chi connectivity index (χ3n) is 2.27. The van der Waals surface area contributed by atoms with Crippen LogP contribution in [-0.4, -0.2) is 31.6 Å². The van der Waals surface area contributed by atoms with E-state index in [9.17, 15) is 9.59 Å². The van der Waals surface area contributed by atoms with Crippen LogP contribution in [0.25, 0.3) is 0 Å². The van der Waals surface area contributed by atoms with Crippen molar-refractivity contribution in [2.24, 2.45) is 5.73 Å². The van der Waals surface area contributed by atoms with Crippen molar-refractivity contribution in [3.63, 3.8) is 0 Å². The van der Waals surface area contributed by atoms with Crippen LogP contribution in [0.15, 0.2) is 30.3 Å². The van der Waals surface area contributed by atoms with E-state index < -0.39 is 12.0 Å². The van der Waals surface area contributed by atoms with Gasteiger partial charge in [0.2, 0.25) is 5.91 Å². The number of carbonyl (C=O) groups is 2. The molecule has 18 heavy (non-hydrogen) atoms. The number of hydrogen-bond donors (Lipinski definition) is 2. The fourth-order valence-electron chi connectivity index (χ4n) is 1.32. The fraction of sp³-hybridized carbons (Fsp3) is 0.333. The van der Waals surface area contributed by atoms with Crippen molar-refractivity contribution in [1.82, 2.24) is 5.32 Å². The highest BCUT2D eigenvalue weighted by molar-refractivity contribution is 5.85. The second-order valence-electron chi connectivity index (χ2n) is 3.59. The summed E-state index contributed by atoms with van der Waals surface area (Å²) in [5, 5.41) is 2.41. The van der Waals surface area contributed by atoms with Crippen molar-refractivity contribution >= 4 is 24.3 Å². The predicted octanol–water partition coefficient (Wildman–Crippen LogP) is 0.267. The number of benzene rings is 1. The van der Waals surface area contributed by atoms with E-state index in [0.717, 1.165) is 5.56 Å². The summed E-state index contributed by atoms with van der Waals surface area (Å²) in [6, 6.07) is 8.79. The SMILES string of the molecule is COC(=O)CNC(=O)[C@@H](N)Cc1ccccc1.Cl. The van der Waals surface area contributed by atoms with Gasteiger partial charge >= 0.3 is 5.97 Å². The van der Waals surface area contributed by atoms with Gasteiger partial charge in [-0.15, -0.1) is 12.4 Å². The van der Waals surface area contributed by atoms with E-state index in [1.807, 2.05) is 30.3 Å². The number of methoxy groups -OCH3 is 1. The molecule has 0 spiro atoms. The average Bonchev–Trinajstić information content (AvgIpc) is 2.36. The number of halogens is 1. The first-order chi connectivity index (χ1) is 8.13. The number of rotatable bonds is 5. The van der Waals surface area contributed by atoms with E-state index in [4.69, 9.17) is 5.73 Å². The van der Waals surface area contributed by atoms with Crippen molar-refractivity contribution in [1.29, 1.82) is 0 Å². The van der Waals surface area contributed by atoms with Crippen LogP contribution in [0.3, 0.4) is 0 Å². The molecule has 100 valence electrons. The molecule has 0 aliphatic rings. The summed E-state index contributed by atoms with van der Waals surface area (Å²) >= 11 is 0. The number of amides is 1. The van der Waals surface area contributed by atoms with E-state index in [2.05, 4.69) is 10.1 Å². The second-order valence-corrected chi connectivity index (χ2v) is 3.59. The minimum Gasteiger partial charge on any atom is -0.468 e. The largest absolute Gasteiger partial charge is 0.468 e. The van der Waals surface area contributed by atoms with Crippen molar-refractivity contribution in [3.8, 4) is 0 Å². The zero-order chi connectivity index (χ0) is 12.7. The lowest BCUT2D eigenvalue weighted by Gasteiger charge is -2.11. The molecule has 0 fully saturated rings. The van der Waals surface area contributed by atoms with E-state index in [0.29, 0.717) is 6.42 Å².